The minimum absolute atomic E-state index is 0.0500. The lowest BCUT2D eigenvalue weighted by molar-refractivity contribution is -0.159. The molecule has 0 bridgehead atoms. The van der Waals surface area contributed by atoms with Crippen LogP contribution < -0.4 is 10.4 Å². The Bertz CT molecular complexity index is 960. The first kappa shape index (κ1) is 26.9. The number of morpholine rings is 1. The topological polar surface area (TPSA) is 85.3 Å². The second kappa shape index (κ2) is 10.5. The summed E-state index contributed by atoms with van der Waals surface area (Å²) >= 11 is 0. The summed E-state index contributed by atoms with van der Waals surface area (Å²) in [5.41, 5.74) is -0.711. The van der Waals surface area contributed by atoms with Crippen molar-refractivity contribution in [1.29, 1.82) is 0 Å². The second-order valence-corrected chi connectivity index (χ2v) is 15.2. The standard InChI is InChI=1S/C27H37NO6Si/c1-26(2,3)34-25(31)28-17-23(24(29)30)32-18-20(28)19-33-35(27(4,5)6,21-13-9-7-10-14-21)22-15-11-8-12-16-22/h7-16,20,23H,17-19H2,1-6H3,(H,29,30)/t20-,23-/m1/s1. The zero-order chi connectivity index (χ0) is 25.9. The summed E-state index contributed by atoms with van der Waals surface area (Å²) in [5.74, 6) is -1.11. The van der Waals surface area contributed by atoms with Gasteiger partial charge in [0.05, 0.1) is 25.8 Å². The lowest BCUT2D eigenvalue weighted by atomic mass is 10.2. The quantitative estimate of drug-likeness (QED) is 0.611. The summed E-state index contributed by atoms with van der Waals surface area (Å²) < 4.78 is 18.2. The van der Waals surface area contributed by atoms with Gasteiger partial charge in [0.1, 0.15) is 5.60 Å². The fraction of sp³-hybridized carbons (Fsp3) is 0.481. The minimum atomic E-state index is -2.83. The molecule has 2 atom stereocenters. The molecular formula is C27H37NO6Si. The van der Waals surface area contributed by atoms with Crippen LogP contribution in [0.2, 0.25) is 5.04 Å². The summed E-state index contributed by atoms with van der Waals surface area (Å²) in [5, 5.41) is 11.5. The summed E-state index contributed by atoms with van der Waals surface area (Å²) in [6, 6.07) is 20.0. The predicted molar refractivity (Wildman–Crippen MR) is 138 cm³/mol. The first-order chi connectivity index (χ1) is 16.3. The maximum absolute atomic E-state index is 13.1. The van der Waals surface area contributed by atoms with Gasteiger partial charge in [0.15, 0.2) is 6.10 Å². The van der Waals surface area contributed by atoms with E-state index < -0.39 is 38.1 Å². The highest BCUT2D eigenvalue weighted by Gasteiger charge is 2.51. The van der Waals surface area contributed by atoms with Gasteiger partial charge < -0.3 is 19.0 Å². The molecule has 0 radical (unpaired) electrons. The van der Waals surface area contributed by atoms with Gasteiger partial charge in [-0.15, -0.1) is 0 Å². The van der Waals surface area contributed by atoms with Crippen LogP contribution in [0.5, 0.6) is 0 Å². The number of carboxylic acid groups (broad SMARTS) is 1. The lowest BCUT2D eigenvalue weighted by Gasteiger charge is -2.45. The maximum atomic E-state index is 13.1. The van der Waals surface area contributed by atoms with E-state index in [0.717, 1.165) is 10.4 Å². The van der Waals surface area contributed by atoms with E-state index in [9.17, 15) is 14.7 Å². The van der Waals surface area contributed by atoms with E-state index in [-0.39, 0.29) is 24.8 Å². The number of hydrogen-bond acceptors (Lipinski definition) is 5. The van der Waals surface area contributed by atoms with E-state index in [4.69, 9.17) is 13.9 Å². The Morgan fingerprint density at radius 3 is 1.91 bits per heavy atom. The van der Waals surface area contributed by atoms with Gasteiger partial charge in [-0.2, -0.15) is 0 Å². The van der Waals surface area contributed by atoms with Crippen molar-refractivity contribution in [3.63, 3.8) is 0 Å². The molecule has 0 aliphatic carbocycles. The first-order valence-electron chi connectivity index (χ1n) is 11.9. The number of rotatable bonds is 6. The Kier molecular flexibility index (Phi) is 8.09. The van der Waals surface area contributed by atoms with Crippen molar-refractivity contribution < 1.29 is 28.6 Å². The molecule has 8 heteroatoms. The van der Waals surface area contributed by atoms with Gasteiger partial charge in [-0.05, 0) is 36.2 Å². The molecule has 1 amide bonds. The molecule has 1 heterocycles. The Morgan fingerprint density at radius 2 is 1.49 bits per heavy atom. The van der Waals surface area contributed by atoms with Gasteiger partial charge in [0.2, 0.25) is 0 Å². The van der Waals surface area contributed by atoms with Crippen molar-refractivity contribution in [2.24, 2.45) is 0 Å². The van der Waals surface area contributed by atoms with E-state index in [1.165, 1.54) is 4.90 Å². The highest BCUT2D eigenvalue weighted by molar-refractivity contribution is 6.99. The van der Waals surface area contributed by atoms with Crippen LogP contribution >= 0.6 is 0 Å². The lowest BCUT2D eigenvalue weighted by Crippen LogP contribution is -2.68. The number of carbonyl (C=O) groups is 2. The SMILES string of the molecule is CC(C)(C)OC(=O)N1C[C@H](C(=O)O)OC[C@@H]1CO[Si](c1ccccc1)(c1ccccc1)C(C)(C)C. The van der Waals surface area contributed by atoms with Crippen LogP contribution in [-0.2, 0) is 18.7 Å². The van der Waals surface area contributed by atoms with Gasteiger partial charge in [-0.3, -0.25) is 4.90 Å². The number of amides is 1. The Hall–Kier alpha value is -2.68. The van der Waals surface area contributed by atoms with Gasteiger partial charge in [-0.25, -0.2) is 9.59 Å². The van der Waals surface area contributed by atoms with E-state index in [1.807, 2.05) is 36.4 Å². The van der Waals surface area contributed by atoms with Crippen molar-refractivity contribution >= 4 is 30.8 Å². The third kappa shape index (κ3) is 6.12. The minimum Gasteiger partial charge on any atom is -0.479 e. The maximum Gasteiger partial charge on any atom is 0.410 e. The second-order valence-electron chi connectivity index (χ2n) is 10.9. The molecule has 190 valence electrons. The molecule has 0 saturated carbocycles. The average molecular weight is 500 g/mol. The first-order valence-corrected chi connectivity index (χ1v) is 13.8. The molecule has 3 rings (SSSR count). The molecule has 1 fully saturated rings. The number of carboxylic acids is 1. The van der Waals surface area contributed by atoms with Crippen molar-refractivity contribution in [3.05, 3.63) is 60.7 Å². The van der Waals surface area contributed by atoms with Crippen LogP contribution in [0.25, 0.3) is 0 Å². The van der Waals surface area contributed by atoms with Gasteiger partial charge >= 0.3 is 12.1 Å². The monoisotopic (exact) mass is 499 g/mol. The molecule has 1 N–H and O–H groups in total. The van der Waals surface area contributed by atoms with Crippen molar-refractivity contribution in [3.8, 4) is 0 Å². The third-order valence-corrected chi connectivity index (χ3v) is 11.1. The molecule has 1 aliphatic rings. The van der Waals surface area contributed by atoms with E-state index in [1.54, 1.807) is 20.8 Å². The van der Waals surface area contributed by atoms with Crippen LogP contribution in [0.1, 0.15) is 41.5 Å². The molecule has 2 aromatic rings. The Labute approximate surface area is 209 Å². The van der Waals surface area contributed by atoms with E-state index in [2.05, 4.69) is 45.0 Å². The Balaban J connectivity index is 1.98. The van der Waals surface area contributed by atoms with Crippen LogP contribution in [0.3, 0.4) is 0 Å². The summed E-state index contributed by atoms with van der Waals surface area (Å²) in [6.45, 7) is 12.1. The molecule has 0 unspecified atom stereocenters. The summed E-state index contributed by atoms with van der Waals surface area (Å²) in [4.78, 5) is 26.1. The molecule has 0 aromatic heterocycles. The molecule has 1 aliphatic heterocycles. The molecular weight excluding hydrogens is 462 g/mol. The average Bonchev–Trinajstić information content (AvgIpc) is 2.79. The number of ether oxygens (including phenoxy) is 2. The third-order valence-electron chi connectivity index (χ3n) is 6.11. The molecule has 35 heavy (non-hydrogen) atoms. The summed E-state index contributed by atoms with van der Waals surface area (Å²) in [7, 11) is -2.83. The van der Waals surface area contributed by atoms with Crippen molar-refractivity contribution in [2.45, 2.75) is 64.3 Å². The number of benzene rings is 2. The molecule has 7 nitrogen and oxygen atoms in total. The predicted octanol–water partition coefficient (Wildman–Crippen LogP) is 3.65. The fourth-order valence-electron chi connectivity index (χ4n) is 4.51. The smallest absolute Gasteiger partial charge is 0.410 e. The number of hydrogen-bond donors (Lipinski definition) is 1. The molecule has 2 aromatic carbocycles. The fourth-order valence-corrected chi connectivity index (χ4v) is 9.11. The van der Waals surface area contributed by atoms with Crippen molar-refractivity contribution in [2.75, 3.05) is 19.8 Å². The van der Waals surface area contributed by atoms with Crippen LogP contribution in [-0.4, -0.2) is 67.9 Å². The zero-order valence-corrected chi connectivity index (χ0v) is 22.5. The van der Waals surface area contributed by atoms with Crippen molar-refractivity contribution in [1.82, 2.24) is 4.90 Å². The zero-order valence-electron chi connectivity index (χ0n) is 21.5. The van der Waals surface area contributed by atoms with Gasteiger partial charge in [0.25, 0.3) is 8.32 Å². The van der Waals surface area contributed by atoms with E-state index in [0.29, 0.717) is 0 Å². The number of aliphatic carboxylic acids is 1. The molecule has 0 spiro atoms. The Morgan fingerprint density at radius 1 is 0.971 bits per heavy atom. The molecule has 1 saturated heterocycles. The largest absolute Gasteiger partial charge is 0.479 e. The van der Waals surface area contributed by atoms with Crippen LogP contribution in [0.15, 0.2) is 60.7 Å². The highest BCUT2D eigenvalue weighted by atomic mass is 28.4. The van der Waals surface area contributed by atoms with Gasteiger partial charge in [0, 0.05) is 0 Å². The van der Waals surface area contributed by atoms with Crippen LogP contribution in [0.4, 0.5) is 4.79 Å². The normalized spacial score (nSPS) is 19.3. The number of nitrogens with zero attached hydrogens (tertiary/aromatic N) is 1. The van der Waals surface area contributed by atoms with E-state index >= 15 is 0 Å². The number of carbonyl (C=O) groups excluding carboxylic acids is 1. The highest BCUT2D eigenvalue weighted by Crippen LogP contribution is 2.37. The van der Waals surface area contributed by atoms with Crippen LogP contribution in [0, 0.1) is 0 Å². The van der Waals surface area contributed by atoms with Gasteiger partial charge in [-0.1, -0.05) is 81.4 Å². The summed E-state index contributed by atoms with van der Waals surface area (Å²) in [6.07, 6.45) is -1.67.